The highest BCUT2D eigenvalue weighted by molar-refractivity contribution is 5.79. The Balaban J connectivity index is 1.30. The first-order valence-electron chi connectivity index (χ1n) is 15.6. The number of carbonyl (C=O) groups is 2. The summed E-state index contributed by atoms with van der Waals surface area (Å²) in [6.45, 7) is 7.96. The summed E-state index contributed by atoms with van der Waals surface area (Å²) >= 11 is 0. The van der Waals surface area contributed by atoms with Gasteiger partial charge < -0.3 is 10.0 Å². The molecule has 0 bridgehead atoms. The molecule has 1 N–H and O–H groups in total. The zero-order valence-corrected chi connectivity index (χ0v) is 23.9. The van der Waals surface area contributed by atoms with Gasteiger partial charge in [-0.05, 0) is 91.8 Å². The summed E-state index contributed by atoms with van der Waals surface area (Å²) in [5, 5.41) is 11.0. The topological polar surface area (TPSA) is 57.6 Å². The molecule has 4 aliphatic rings. The number of rotatable bonds is 11. The van der Waals surface area contributed by atoms with E-state index in [2.05, 4.69) is 20.8 Å². The van der Waals surface area contributed by atoms with Gasteiger partial charge in [0, 0.05) is 32.9 Å². The van der Waals surface area contributed by atoms with E-state index < -0.39 is 0 Å². The van der Waals surface area contributed by atoms with Crippen LogP contribution in [0, 0.1) is 40.4 Å². The van der Waals surface area contributed by atoms with Crippen molar-refractivity contribution in [3.63, 3.8) is 0 Å². The molecule has 4 fully saturated rings. The Bertz CT molecular complexity index is 766. The zero-order chi connectivity index (χ0) is 25.9. The number of amides is 1. The molecule has 4 saturated carbocycles. The first kappa shape index (κ1) is 28.1. The largest absolute Gasteiger partial charge is 0.393 e. The molecule has 0 aromatic heterocycles. The number of aliphatic hydroxyl groups is 1. The van der Waals surface area contributed by atoms with Crippen LogP contribution in [0.25, 0.3) is 0 Å². The number of carbonyl (C=O) groups excluding carboxylic acids is 2. The normalized spacial score (nSPS) is 39.9. The van der Waals surface area contributed by atoms with Crippen molar-refractivity contribution in [2.24, 2.45) is 40.4 Å². The minimum Gasteiger partial charge on any atom is -0.393 e. The number of nitrogens with zero attached hydrogens (tertiary/aromatic N) is 1. The van der Waals surface area contributed by atoms with E-state index in [1.807, 2.05) is 11.9 Å². The van der Waals surface area contributed by atoms with Crippen molar-refractivity contribution in [1.82, 2.24) is 4.90 Å². The summed E-state index contributed by atoms with van der Waals surface area (Å²) in [6.07, 6.45) is 18.8. The molecule has 0 aromatic carbocycles. The van der Waals surface area contributed by atoms with Gasteiger partial charge in [0.25, 0.3) is 0 Å². The van der Waals surface area contributed by atoms with Crippen molar-refractivity contribution in [3.8, 4) is 0 Å². The monoisotopic (exact) mass is 501 g/mol. The van der Waals surface area contributed by atoms with Crippen molar-refractivity contribution >= 4 is 11.7 Å². The summed E-state index contributed by atoms with van der Waals surface area (Å²) < 4.78 is 0. The number of unbranched alkanes of at least 4 members (excludes halogenated alkanes) is 5. The lowest BCUT2D eigenvalue weighted by Crippen LogP contribution is -2.57. The molecule has 206 valence electrons. The van der Waals surface area contributed by atoms with Crippen LogP contribution in [-0.2, 0) is 9.59 Å². The van der Waals surface area contributed by atoms with Crippen LogP contribution in [0.4, 0.5) is 0 Å². The second kappa shape index (κ2) is 11.9. The molecular formula is C32H55NO3. The summed E-state index contributed by atoms with van der Waals surface area (Å²) in [7, 11) is 1.93. The van der Waals surface area contributed by atoms with Crippen LogP contribution < -0.4 is 0 Å². The number of fused-ring (bicyclic) bond motifs is 5. The van der Waals surface area contributed by atoms with E-state index >= 15 is 0 Å². The smallest absolute Gasteiger partial charge is 0.222 e. The Morgan fingerprint density at radius 2 is 1.72 bits per heavy atom. The third-order valence-electron chi connectivity index (χ3n) is 11.7. The lowest BCUT2D eigenvalue weighted by Gasteiger charge is -2.62. The minimum absolute atomic E-state index is 0.108. The summed E-state index contributed by atoms with van der Waals surface area (Å²) in [6, 6.07) is 0. The Morgan fingerprint density at radius 1 is 1.00 bits per heavy atom. The highest BCUT2D eigenvalue weighted by Gasteiger charge is 2.62. The first-order valence-corrected chi connectivity index (χ1v) is 15.6. The first-order chi connectivity index (χ1) is 17.2. The number of hydrogen-bond acceptors (Lipinski definition) is 3. The van der Waals surface area contributed by atoms with Crippen LogP contribution in [0.5, 0.6) is 0 Å². The van der Waals surface area contributed by atoms with Gasteiger partial charge in [-0.25, -0.2) is 0 Å². The van der Waals surface area contributed by atoms with Gasteiger partial charge in [0.1, 0.15) is 5.78 Å². The Labute approximate surface area is 221 Å². The third kappa shape index (κ3) is 5.59. The van der Waals surface area contributed by atoms with Gasteiger partial charge in [0.15, 0.2) is 0 Å². The van der Waals surface area contributed by atoms with Crippen molar-refractivity contribution in [2.75, 3.05) is 13.6 Å². The van der Waals surface area contributed by atoms with Crippen LogP contribution in [0.2, 0.25) is 0 Å². The third-order valence-corrected chi connectivity index (χ3v) is 11.7. The number of ketones is 1. The van der Waals surface area contributed by atoms with Crippen LogP contribution in [0.3, 0.4) is 0 Å². The SMILES string of the molecule is CCCN(C)C(=O)CCCCCCCCC1C[C@]2(C)C(O)CC[C@H]2[C@@H]2CCC3CC(=O)CC[C@]3(C)[C@H]12. The minimum atomic E-state index is -0.122. The molecule has 8 atom stereocenters. The van der Waals surface area contributed by atoms with Gasteiger partial charge in [-0.2, -0.15) is 0 Å². The van der Waals surface area contributed by atoms with Crippen molar-refractivity contribution < 1.29 is 14.7 Å². The molecule has 0 aliphatic heterocycles. The molecule has 0 heterocycles. The molecule has 4 nitrogen and oxygen atoms in total. The number of Topliss-reactive ketones (excluding diaryl/α,β-unsaturated/α-hetero) is 1. The van der Waals surface area contributed by atoms with Crippen molar-refractivity contribution in [3.05, 3.63) is 0 Å². The average molecular weight is 502 g/mol. The zero-order valence-electron chi connectivity index (χ0n) is 23.9. The predicted octanol–water partition coefficient (Wildman–Crippen LogP) is 7.17. The molecule has 0 aromatic rings. The molecular weight excluding hydrogens is 446 g/mol. The molecule has 4 aliphatic carbocycles. The lowest BCUT2D eigenvalue weighted by atomic mass is 9.42. The molecule has 0 saturated heterocycles. The van der Waals surface area contributed by atoms with Gasteiger partial charge in [-0.15, -0.1) is 0 Å². The summed E-state index contributed by atoms with van der Waals surface area (Å²) in [4.78, 5) is 26.3. The second-order valence-electron chi connectivity index (χ2n) is 13.9. The maximum Gasteiger partial charge on any atom is 0.222 e. The molecule has 0 spiro atoms. The van der Waals surface area contributed by atoms with Gasteiger partial charge >= 0.3 is 0 Å². The maximum absolute atomic E-state index is 12.3. The lowest BCUT2D eigenvalue weighted by molar-refractivity contribution is -0.159. The fraction of sp³-hybridized carbons (Fsp3) is 0.938. The van der Waals surface area contributed by atoms with Gasteiger partial charge in [0.05, 0.1) is 6.10 Å². The van der Waals surface area contributed by atoms with Crippen molar-refractivity contribution in [1.29, 1.82) is 0 Å². The second-order valence-corrected chi connectivity index (χ2v) is 13.9. The summed E-state index contributed by atoms with van der Waals surface area (Å²) in [5.74, 6) is 4.29. The van der Waals surface area contributed by atoms with Crippen molar-refractivity contribution in [2.45, 2.75) is 136 Å². The summed E-state index contributed by atoms with van der Waals surface area (Å²) in [5.41, 5.74) is 0.435. The van der Waals surface area contributed by atoms with Gasteiger partial charge in [0.2, 0.25) is 5.91 Å². The van der Waals surface area contributed by atoms with E-state index in [0.717, 1.165) is 56.9 Å². The Morgan fingerprint density at radius 3 is 2.47 bits per heavy atom. The highest BCUT2D eigenvalue weighted by atomic mass is 16.3. The van der Waals surface area contributed by atoms with E-state index in [1.165, 1.54) is 64.2 Å². The number of hydrogen-bond donors (Lipinski definition) is 1. The van der Waals surface area contributed by atoms with Gasteiger partial charge in [-0.1, -0.05) is 59.3 Å². The molecule has 3 unspecified atom stereocenters. The molecule has 1 amide bonds. The standard InChI is InChI=1S/C32H55NO3/c1-5-20-33(4)29(36)13-11-9-7-6-8-10-12-23-22-32(3)27(16-17-28(32)35)26-15-14-24-21-25(34)18-19-31(24,2)30(23)26/h23-24,26-28,30,35H,5-22H2,1-4H3/t23?,24?,26-,27-,28?,30+,31-,32-/m0/s1. The molecule has 4 rings (SSSR count). The maximum atomic E-state index is 12.3. The molecule has 36 heavy (non-hydrogen) atoms. The van der Waals surface area contributed by atoms with E-state index in [0.29, 0.717) is 41.3 Å². The fourth-order valence-corrected chi connectivity index (χ4v) is 9.74. The molecule has 0 radical (unpaired) electrons. The molecule has 4 heteroatoms. The van der Waals surface area contributed by atoms with Crippen LogP contribution in [0.15, 0.2) is 0 Å². The Kier molecular flexibility index (Phi) is 9.27. The highest BCUT2D eigenvalue weighted by Crippen LogP contribution is 2.68. The predicted molar refractivity (Wildman–Crippen MR) is 146 cm³/mol. The van der Waals surface area contributed by atoms with E-state index in [4.69, 9.17) is 0 Å². The Hall–Kier alpha value is -0.900. The van der Waals surface area contributed by atoms with E-state index in [9.17, 15) is 14.7 Å². The average Bonchev–Trinajstić information content (AvgIpc) is 3.14. The van der Waals surface area contributed by atoms with Gasteiger partial charge in [-0.3, -0.25) is 9.59 Å². The van der Waals surface area contributed by atoms with Crippen LogP contribution in [0.1, 0.15) is 130 Å². The fourth-order valence-electron chi connectivity index (χ4n) is 9.74. The number of aliphatic hydroxyl groups excluding tert-OH is 1. The van der Waals surface area contributed by atoms with E-state index in [1.54, 1.807) is 0 Å². The van der Waals surface area contributed by atoms with Crippen LogP contribution >= 0.6 is 0 Å². The van der Waals surface area contributed by atoms with E-state index in [-0.39, 0.29) is 11.5 Å². The van der Waals surface area contributed by atoms with Crippen LogP contribution in [-0.4, -0.2) is 41.4 Å². The quantitative estimate of drug-likeness (QED) is 0.305.